The smallest absolute Gasteiger partial charge is 0.324 e. The Morgan fingerprint density at radius 2 is 1.87 bits per heavy atom. The Hall–Kier alpha value is -3.23. The summed E-state index contributed by atoms with van der Waals surface area (Å²) in [7, 11) is 0. The Labute approximate surface area is 178 Å². The molecule has 0 aliphatic heterocycles. The van der Waals surface area contributed by atoms with Gasteiger partial charge in [-0.1, -0.05) is 17.7 Å². The normalized spacial score (nSPS) is 11.0. The van der Waals surface area contributed by atoms with Crippen molar-refractivity contribution in [2.75, 3.05) is 5.32 Å². The van der Waals surface area contributed by atoms with Gasteiger partial charge in [-0.15, -0.1) is 11.3 Å². The first kappa shape index (κ1) is 20.1. The van der Waals surface area contributed by atoms with Crippen molar-refractivity contribution >= 4 is 44.7 Å². The second kappa shape index (κ2) is 7.89. The molecule has 0 aliphatic rings. The van der Waals surface area contributed by atoms with Crippen LogP contribution < -0.4 is 16.6 Å². The zero-order valence-electron chi connectivity index (χ0n) is 15.7. The van der Waals surface area contributed by atoms with E-state index in [2.05, 4.69) is 5.32 Å². The quantitative estimate of drug-likeness (QED) is 0.519. The number of hydrogen-bond acceptors (Lipinski definition) is 4. The molecular formula is C21H15ClFN3O3S. The van der Waals surface area contributed by atoms with Crippen molar-refractivity contribution in [3.63, 3.8) is 0 Å². The molecule has 1 N–H and O–H groups in total. The van der Waals surface area contributed by atoms with Crippen LogP contribution in [0.4, 0.5) is 10.1 Å². The monoisotopic (exact) mass is 443 g/mol. The highest BCUT2D eigenvalue weighted by molar-refractivity contribution is 7.17. The molecule has 2 aromatic carbocycles. The van der Waals surface area contributed by atoms with Crippen LogP contribution in [-0.4, -0.2) is 15.0 Å². The van der Waals surface area contributed by atoms with Gasteiger partial charge < -0.3 is 5.32 Å². The third-order valence-corrected chi connectivity index (χ3v) is 5.76. The van der Waals surface area contributed by atoms with Gasteiger partial charge in [-0.3, -0.25) is 14.2 Å². The fourth-order valence-electron chi connectivity index (χ4n) is 3.12. The molecule has 0 unspecified atom stereocenters. The summed E-state index contributed by atoms with van der Waals surface area (Å²) in [6.07, 6.45) is 0. The largest absolute Gasteiger partial charge is 0.336 e. The third kappa shape index (κ3) is 3.67. The van der Waals surface area contributed by atoms with Gasteiger partial charge in [0.05, 0.1) is 11.2 Å². The van der Waals surface area contributed by atoms with Crippen LogP contribution in [0, 0.1) is 12.7 Å². The van der Waals surface area contributed by atoms with E-state index in [-0.39, 0.29) is 6.54 Å². The number of anilines is 1. The molecule has 2 aromatic heterocycles. The molecule has 2 heterocycles. The second-order valence-electron chi connectivity index (χ2n) is 6.63. The molecule has 0 saturated carbocycles. The highest BCUT2D eigenvalue weighted by atomic mass is 35.5. The predicted octanol–water partition coefficient (Wildman–Crippen LogP) is 3.95. The van der Waals surface area contributed by atoms with E-state index in [1.165, 1.54) is 28.0 Å². The number of amides is 1. The van der Waals surface area contributed by atoms with E-state index in [1.807, 2.05) is 0 Å². The molecule has 9 heteroatoms. The van der Waals surface area contributed by atoms with Crippen LogP contribution in [-0.2, 0) is 11.3 Å². The van der Waals surface area contributed by atoms with Crippen molar-refractivity contribution in [1.82, 2.24) is 9.13 Å². The molecule has 0 aliphatic carbocycles. The third-order valence-electron chi connectivity index (χ3n) is 4.62. The van der Waals surface area contributed by atoms with Gasteiger partial charge in [0, 0.05) is 10.7 Å². The molecule has 4 rings (SSSR count). The van der Waals surface area contributed by atoms with Crippen LogP contribution in [0.25, 0.3) is 15.9 Å². The number of carbonyl (C=O) groups is 1. The highest BCUT2D eigenvalue weighted by Gasteiger charge is 2.18. The van der Waals surface area contributed by atoms with E-state index >= 15 is 0 Å². The fourth-order valence-corrected chi connectivity index (χ4v) is 4.07. The average Bonchev–Trinajstić information content (AvgIpc) is 3.20. The molecule has 4 aromatic rings. The summed E-state index contributed by atoms with van der Waals surface area (Å²) in [6.45, 7) is 1.40. The van der Waals surface area contributed by atoms with Crippen molar-refractivity contribution < 1.29 is 9.18 Å². The number of carbonyl (C=O) groups excluding carboxylic acids is 1. The number of aryl methyl sites for hydroxylation is 1. The molecule has 0 atom stereocenters. The summed E-state index contributed by atoms with van der Waals surface area (Å²) in [5.74, 6) is -0.996. The zero-order valence-corrected chi connectivity index (χ0v) is 17.3. The minimum absolute atomic E-state index is 0.320. The van der Waals surface area contributed by atoms with Crippen molar-refractivity contribution in [1.29, 1.82) is 0 Å². The van der Waals surface area contributed by atoms with E-state index < -0.39 is 23.0 Å². The fraction of sp³-hybridized carbons (Fsp3) is 0.0952. The first-order chi connectivity index (χ1) is 14.3. The number of halogens is 2. The van der Waals surface area contributed by atoms with Crippen molar-refractivity contribution in [2.45, 2.75) is 13.5 Å². The maximum Gasteiger partial charge on any atom is 0.336 e. The summed E-state index contributed by atoms with van der Waals surface area (Å²) >= 11 is 7.09. The summed E-state index contributed by atoms with van der Waals surface area (Å²) < 4.78 is 16.1. The van der Waals surface area contributed by atoms with Crippen LogP contribution in [0.2, 0.25) is 5.02 Å². The molecule has 152 valence electrons. The lowest BCUT2D eigenvalue weighted by atomic mass is 10.2. The maximum atomic E-state index is 13.5. The van der Waals surface area contributed by atoms with Crippen LogP contribution in [0.3, 0.4) is 0 Å². The van der Waals surface area contributed by atoms with Gasteiger partial charge in [0.1, 0.15) is 17.1 Å². The summed E-state index contributed by atoms with van der Waals surface area (Å²) in [4.78, 5) is 38.7. The molecule has 0 fully saturated rings. The van der Waals surface area contributed by atoms with Crippen LogP contribution in [0.5, 0.6) is 0 Å². The van der Waals surface area contributed by atoms with Crippen molar-refractivity contribution in [3.8, 4) is 5.69 Å². The number of benzene rings is 2. The van der Waals surface area contributed by atoms with E-state index in [9.17, 15) is 18.8 Å². The molecule has 0 spiro atoms. The lowest BCUT2D eigenvalue weighted by Gasteiger charge is -2.13. The molecule has 0 bridgehead atoms. The zero-order chi connectivity index (χ0) is 21.4. The molecular weight excluding hydrogens is 429 g/mol. The number of rotatable bonds is 4. The molecule has 30 heavy (non-hydrogen) atoms. The Morgan fingerprint density at radius 3 is 2.60 bits per heavy atom. The Bertz CT molecular complexity index is 1390. The number of fused-ring (bicyclic) bond motifs is 1. The average molecular weight is 444 g/mol. The lowest BCUT2D eigenvalue weighted by Crippen LogP contribution is -2.40. The van der Waals surface area contributed by atoms with Gasteiger partial charge in [0.25, 0.3) is 5.56 Å². The number of nitrogens with one attached hydrogen (secondary N) is 1. The van der Waals surface area contributed by atoms with E-state index in [0.29, 0.717) is 32.2 Å². The number of nitrogens with zero attached hydrogens (tertiary/aromatic N) is 2. The molecule has 0 radical (unpaired) electrons. The maximum absolute atomic E-state index is 13.5. The van der Waals surface area contributed by atoms with E-state index in [4.69, 9.17) is 11.6 Å². The van der Waals surface area contributed by atoms with Gasteiger partial charge in [-0.25, -0.2) is 13.8 Å². The van der Waals surface area contributed by atoms with Crippen molar-refractivity contribution in [3.05, 3.63) is 91.2 Å². The van der Waals surface area contributed by atoms with Gasteiger partial charge in [0.2, 0.25) is 5.91 Å². The number of hydrogen-bond donors (Lipinski definition) is 1. The van der Waals surface area contributed by atoms with Gasteiger partial charge in [0.15, 0.2) is 0 Å². The number of thiophene rings is 1. The predicted molar refractivity (Wildman–Crippen MR) is 116 cm³/mol. The van der Waals surface area contributed by atoms with Gasteiger partial charge in [-0.2, -0.15) is 0 Å². The summed E-state index contributed by atoms with van der Waals surface area (Å²) in [5, 5.41) is 4.78. The first-order valence-electron chi connectivity index (χ1n) is 8.90. The standard InChI is InChI=1S/C21H15ClFN3O3S/c1-12-2-5-14(23)10-16(12)24-18(27)11-25-17-8-9-30-19(17)20(28)26(21(25)29)15-6-3-13(22)4-7-15/h2-10H,11H2,1H3,(H,24,27). The second-order valence-corrected chi connectivity index (χ2v) is 7.98. The summed E-state index contributed by atoms with van der Waals surface area (Å²) in [6, 6.07) is 12.0. The SMILES string of the molecule is Cc1ccc(F)cc1NC(=O)Cn1c(=O)n(-c2ccc(Cl)cc2)c(=O)c2sccc21. The Morgan fingerprint density at radius 1 is 1.13 bits per heavy atom. The van der Waals surface area contributed by atoms with Crippen LogP contribution in [0.15, 0.2) is 63.5 Å². The van der Waals surface area contributed by atoms with E-state index in [1.54, 1.807) is 48.7 Å². The lowest BCUT2D eigenvalue weighted by molar-refractivity contribution is -0.116. The Balaban J connectivity index is 1.79. The van der Waals surface area contributed by atoms with Crippen molar-refractivity contribution in [2.24, 2.45) is 0 Å². The minimum Gasteiger partial charge on any atom is -0.324 e. The topological polar surface area (TPSA) is 73.1 Å². The molecule has 6 nitrogen and oxygen atoms in total. The van der Waals surface area contributed by atoms with Gasteiger partial charge in [-0.05, 0) is 60.3 Å². The van der Waals surface area contributed by atoms with Gasteiger partial charge >= 0.3 is 5.69 Å². The van der Waals surface area contributed by atoms with Crippen LogP contribution >= 0.6 is 22.9 Å². The van der Waals surface area contributed by atoms with E-state index in [0.717, 1.165) is 4.57 Å². The molecule has 1 amide bonds. The van der Waals surface area contributed by atoms with Crippen LogP contribution in [0.1, 0.15) is 5.56 Å². The summed E-state index contributed by atoms with van der Waals surface area (Å²) in [5.41, 5.74) is 0.597. The minimum atomic E-state index is -0.653. The highest BCUT2D eigenvalue weighted by Crippen LogP contribution is 2.19. The number of aromatic nitrogens is 2. The first-order valence-corrected chi connectivity index (χ1v) is 10.2. The Kier molecular flexibility index (Phi) is 5.27. The molecule has 0 saturated heterocycles.